The van der Waals surface area contributed by atoms with E-state index in [-0.39, 0.29) is 0 Å². The maximum absolute atomic E-state index is 12.3. The Balaban J connectivity index is 2.19. The van der Waals surface area contributed by atoms with Crippen LogP contribution < -0.4 is 0 Å². The van der Waals surface area contributed by atoms with Crippen LogP contribution in [0.4, 0.5) is 0 Å². The van der Waals surface area contributed by atoms with Crippen molar-refractivity contribution < 1.29 is 4.79 Å². The number of unbranched alkanes of at least 4 members (excludes halogenated alkanes) is 5. The number of carbonyl (C=O) groups excluding carboxylic acids is 1. The molecule has 1 aliphatic heterocycles. The van der Waals surface area contributed by atoms with Gasteiger partial charge in [-0.15, -0.1) is 0 Å². The summed E-state index contributed by atoms with van der Waals surface area (Å²) in [5.74, 6) is 0.461. The summed E-state index contributed by atoms with van der Waals surface area (Å²) in [5.41, 5.74) is 0.387. The minimum Gasteiger partial charge on any atom is -0.343 e. The number of amides is 1. The van der Waals surface area contributed by atoms with E-state index in [4.69, 9.17) is 0 Å². The molecule has 0 bridgehead atoms. The molecular weight excluding hydrogens is 238 g/mol. The second kappa shape index (κ2) is 7.32. The van der Waals surface area contributed by atoms with Crippen molar-refractivity contribution in [1.29, 1.82) is 0 Å². The van der Waals surface area contributed by atoms with Crippen LogP contribution in [0.3, 0.4) is 0 Å². The lowest BCUT2D eigenvalue weighted by Crippen LogP contribution is -2.35. The molecule has 3 heteroatoms. The first kappa shape index (κ1) is 15.7. The van der Waals surface area contributed by atoms with E-state index in [1.165, 1.54) is 38.5 Å². The summed E-state index contributed by atoms with van der Waals surface area (Å²) >= 11 is 0. The molecule has 106 valence electrons. The van der Waals surface area contributed by atoms with E-state index in [1.807, 2.05) is 0 Å². The minimum absolute atomic E-state index is 0.387. The zero-order valence-corrected chi connectivity index (χ0v) is 13.8. The van der Waals surface area contributed by atoms with Gasteiger partial charge in [-0.05, 0) is 12.8 Å². The highest BCUT2D eigenvalue weighted by molar-refractivity contribution is 6.80. The van der Waals surface area contributed by atoms with Crippen molar-refractivity contribution in [3.05, 3.63) is 0 Å². The molecule has 0 N–H and O–H groups in total. The van der Waals surface area contributed by atoms with E-state index < -0.39 is 8.07 Å². The molecule has 1 amide bonds. The first-order chi connectivity index (χ1) is 8.46. The van der Waals surface area contributed by atoms with Gasteiger partial charge in [-0.25, -0.2) is 0 Å². The van der Waals surface area contributed by atoms with Crippen LogP contribution in [0.15, 0.2) is 0 Å². The Morgan fingerprint density at radius 2 is 1.72 bits per heavy atom. The van der Waals surface area contributed by atoms with Crippen LogP contribution in [0.25, 0.3) is 0 Å². The molecule has 0 aromatic heterocycles. The summed E-state index contributed by atoms with van der Waals surface area (Å²) in [4.78, 5) is 14.4. The number of likely N-dealkylation sites (tertiary alicyclic amines) is 1. The zero-order chi connectivity index (χ0) is 13.6. The molecule has 2 nitrogen and oxygen atoms in total. The average Bonchev–Trinajstić information content (AvgIpc) is 2.65. The van der Waals surface area contributed by atoms with Crippen LogP contribution >= 0.6 is 0 Å². The van der Waals surface area contributed by atoms with Crippen LogP contribution in [0.1, 0.15) is 51.9 Å². The standard InChI is InChI=1S/C15H31NOSi/c1-5-6-7-8-9-10-12-16-13-11-14(15(16)17)18(2,3)4/h14H,5-13H2,1-4H3. The number of hydrogen-bond acceptors (Lipinski definition) is 1. The molecule has 0 radical (unpaired) electrons. The Morgan fingerprint density at radius 1 is 1.11 bits per heavy atom. The second-order valence-corrected chi connectivity index (χ2v) is 12.2. The van der Waals surface area contributed by atoms with Gasteiger partial charge in [-0.2, -0.15) is 0 Å². The lowest BCUT2D eigenvalue weighted by molar-refractivity contribution is -0.127. The first-order valence-electron chi connectivity index (χ1n) is 7.75. The quantitative estimate of drug-likeness (QED) is 0.475. The maximum Gasteiger partial charge on any atom is 0.223 e. The van der Waals surface area contributed by atoms with Gasteiger partial charge in [0.1, 0.15) is 0 Å². The van der Waals surface area contributed by atoms with E-state index in [1.54, 1.807) is 0 Å². The molecule has 0 spiro atoms. The van der Waals surface area contributed by atoms with Gasteiger partial charge in [0, 0.05) is 18.6 Å². The third-order valence-electron chi connectivity index (χ3n) is 4.12. The van der Waals surface area contributed by atoms with Crippen LogP contribution in [0, 0.1) is 0 Å². The van der Waals surface area contributed by atoms with Gasteiger partial charge in [0.05, 0.1) is 8.07 Å². The van der Waals surface area contributed by atoms with Gasteiger partial charge in [0.25, 0.3) is 0 Å². The van der Waals surface area contributed by atoms with Crippen LogP contribution in [0.2, 0.25) is 25.2 Å². The summed E-state index contributed by atoms with van der Waals surface area (Å²) in [7, 11) is -1.29. The Hall–Kier alpha value is -0.313. The van der Waals surface area contributed by atoms with Crippen molar-refractivity contribution >= 4 is 14.0 Å². The van der Waals surface area contributed by atoms with Gasteiger partial charge in [0.2, 0.25) is 5.91 Å². The van der Waals surface area contributed by atoms with Crippen molar-refractivity contribution in [3.63, 3.8) is 0 Å². The summed E-state index contributed by atoms with van der Waals surface area (Å²) in [6.45, 7) is 11.2. The summed E-state index contributed by atoms with van der Waals surface area (Å²) in [6, 6.07) is 0. The monoisotopic (exact) mass is 269 g/mol. The molecule has 1 heterocycles. The van der Waals surface area contributed by atoms with Crippen molar-refractivity contribution in [1.82, 2.24) is 4.90 Å². The third-order valence-corrected chi connectivity index (χ3v) is 6.75. The highest BCUT2D eigenvalue weighted by Crippen LogP contribution is 2.33. The van der Waals surface area contributed by atoms with Crippen LogP contribution in [-0.2, 0) is 4.79 Å². The molecule has 0 aromatic rings. The molecule has 0 saturated carbocycles. The molecule has 1 atom stereocenters. The molecule has 1 rings (SSSR count). The first-order valence-corrected chi connectivity index (χ1v) is 11.3. The lowest BCUT2D eigenvalue weighted by Gasteiger charge is -2.24. The fraction of sp³-hybridized carbons (Fsp3) is 0.933. The molecule has 1 saturated heterocycles. The molecule has 1 fully saturated rings. The van der Waals surface area contributed by atoms with E-state index in [0.29, 0.717) is 11.4 Å². The van der Waals surface area contributed by atoms with Gasteiger partial charge in [-0.3, -0.25) is 4.79 Å². The number of hydrogen-bond donors (Lipinski definition) is 0. The highest BCUT2D eigenvalue weighted by atomic mass is 28.3. The van der Waals surface area contributed by atoms with E-state index in [0.717, 1.165) is 19.5 Å². The molecule has 1 unspecified atom stereocenters. The summed E-state index contributed by atoms with van der Waals surface area (Å²) < 4.78 is 0. The predicted molar refractivity (Wildman–Crippen MR) is 81.7 cm³/mol. The van der Waals surface area contributed by atoms with E-state index in [2.05, 4.69) is 31.5 Å². The van der Waals surface area contributed by atoms with E-state index in [9.17, 15) is 4.79 Å². The lowest BCUT2D eigenvalue weighted by atomic mass is 10.1. The summed E-state index contributed by atoms with van der Waals surface area (Å²) in [6.07, 6.45) is 8.98. The normalized spacial score (nSPS) is 20.8. The maximum atomic E-state index is 12.3. The average molecular weight is 270 g/mol. The Bertz CT molecular complexity index is 260. The topological polar surface area (TPSA) is 20.3 Å². The summed E-state index contributed by atoms with van der Waals surface area (Å²) in [5, 5.41) is 0. The molecular formula is C15H31NOSi. The van der Waals surface area contributed by atoms with Gasteiger partial charge < -0.3 is 4.90 Å². The fourth-order valence-corrected chi connectivity index (χ4v) is 4.77. The Kier molecular flexibility index (Phi) is 6.40. The fourth-order valence-electron chi connectivity index (χ4n) is 2.85. The second-order valence-electron chi connectivity index (χ2n) is 6.80. The van der Waals surface area contributed by atoms with Crippen LogP contribution in [-0.4, -0.2) is 32.0 Å². The zero-order valence-electron chi connectivity index (χ0n) is 12.8. The molecule has 18 heavy (non-hydrogen) atoms. The number of nitrogens with zero attached hydrogens (tertiary/aromatic N) is 1. The Morgan fingerprint density at radius 3 is 2.28 bits per heavy atom. The minimum atomic E-state index is -1.29. The van der Waals surface area contributed by atoms with Gasteiger partial charge >= 0.3 is 0 Å². The van der Waals surface area contributed by atoms with Gasteiger partial charge in [-0.1, -0.05) is 58.7 Å². The number of carbonyl (C=O) groups is 1. The highest BCUT2D eigenvalue weighted by Gasteiger charge is 2.39. The largest absolute Gasteiger partial charge is 0.343 e. The molecule has 0 aliphatic carbocycles. The SMILES string of the molecule is CCCCCCCCN1CCC([Si](C)(C)C)C1=O. The van der Waals surface area contributed by atoms with Crippen molar-refractivity contribution in [2.45, 2.75) is 77.1 Å². The van der Waals surface area contributed by atoms with Crippen molar-refractivity contribution in [2.24, 2.45) is 0 Å². The smallest absolute Gasteiger partial charge is 0.223 e. The van der Waals surface area contributed by atoms with Crippen molar-refractivity contribution in [3.8, 4) is 0 Å². The molecule has 0 aromatic carbocycles. The van der Waals surface area contributed by atoms with Gasteiger partial charge in [0.15, 0.2) is 0 Å². The van der Waals surface area contributed by atoms with Crippen LogP contribution in [0.5, 0.6) is 0 Å². The van der Waals surface area contributed by atoms with E-state index >= 15 is 0 Å². The Labute approximate surface area is 114 Å². The third kappa shape index (κ3) is 4.75. The predicted octanol–water partition coefficient (Wildman–Crippen LogP) is 4.29. The molecule has 1 aliphatic rings. The van der Waals surface area contributed by atoms with Crippen molar-refractivity contribution in [2.75, 3.05) is 13.1 Å². The number of rotatable bonds is 8.